The van der Waals surface area contributed by atoms with Crippen molar-refractivity contribution in [1.82, 2.24) is 9.88 Å². The average molecular weight is 393 g/mol. The Morgan fingerprint density at radius 1 is 1.07 bits per heavy atom. The monoisotopic (exact) mass is 392 g/mol. The molecule has 0 saturated carbocycles. The number of aromatic nitrogens is 1. The Hall–Kier alpha value is -2.86. The molecular weight excluding hydrogens is 368 g/mol. The molecule has 1 aliphatic rings. The summed E-state index contributed by atoms with van der Waals surface area (Å²) in [4.78, 5) is 21.5. The molecule has 1 N–H and O–H groups in total. The number of carbonyl (C=O) groups excluding carboxylic acids is 1. The minimum Gasteiger partial charge on any atom is -0.368 e. The number of nitrogens with one attached hydrogen (secondary N) is 1. The third-order valence-corrected chi connectivity index (χ3v) is 5.71. The van der Waals surface area contributed by atoms with Crippen molar-refractivity contribution in [3.8, 4) is 0 Å². The number of carbonyl (C=O) groups is 1. The van der Waals surface area contributed by atoms with Gasteiger partial charge in [-0.05, 0) is 36.8 Å². The van der Waals surface area contributed by atoms with Crippen LogP contribution in [0.5, 0.6) is 0 Å². The average Bonchev–Trinajstić information content (AvgIpc) is 3.15. The van der Waals surface area contributed by atoms with Crippen molar-refractivity contribution in [2.45, 2.75) is 13.3 Å². The van der Waals surface area contributed by atoms with Gasteiger partial charge in [-0.15, -0.1) is 11.3 Å². The van der Waals surface area contributed by atoms with Crippen molar-refractivity contribution < 1.29 is 4.79 Å². The lowest BCUT2D eigenvalue weighted by molar-refractivity contribution is -0.130. The summed E-state index contributed by atoms with van der Waals surface area (Å²) in [6.45, 7) is 5.36. The second-order valence-electron chi connectivity index (χ2n) is 7.02. The first kappa shape index (κ1) is 18.5. The lowest BCUT2D eigenvalue weighted by Gasteiger charge is -2.36. The van der Waals surface area contributed by atoms with Crippen LogP contribution in [0, 0.1) is 6.92 Å². The van der Waals surface area contributed by atoms with E-state index in [2.05, 4.69) is 46.4 Å². The molecule has 4 rings (SSSR count). The molecule has 1 amide bonds. The summed E-state index contributed by atoms with van der Waals surface area (Å²) < 4.78 is 0. The topological polar surface area (TPSA) is 48.5 Å². The number of thiazole rings is 1. The summed E-state index contributed by atoms with van der Waals surface area (Å²) in [5, 5.41) is 6.06. The van der Waals surface area contributed by atoms with E-state index < -0.39 is 0 Å². The number of anilines is 3. The Kier molecular flexibility index (Phi) is 5.58. The van der Waals surface area contributed by atoms with E-state index in [0.717, 1.165) is 42.7 Å². The molecule has 1 fully saturated rings. The van der Waals surface area contributed by atoms with Crippen molar-refractivity contribution in [3.05, 3.63) is 71.2 Å². The smallest absolute Gasteiger partial charge is 0.228 e. The zero-order chi connectivity index (χ0) is 19.3. The van der Waals surface area contributed by atoms with Crippen LogP contribution in [-0.4, -0.2) is 42.0 Å². The van der Waals surface area contributed by atoms with Gasteiger partial charge >= 0.3 is 0 Å². The zero-order valence-electron chi connectivity index (χ0n) is 16.0. The molecule has 2 aromatic carbocycles. The van der Waals surface area contributed by atoms with Crippen LogP contribution in [0.4, 0.5) is 16.5 Å². The Balaban J connectivity index is 1.30. The maximum Gasteiger partial charge on any atom is 0.228 e. The Labute approximate surface area is 169 Å². The maximum atomic E-state index is 12.7. The van der Waals surface area contributed by atoms with Crippen molar-refractivity contribution in [2.75, 3.05) is 36.4 Å². The fraction of sp³-hybridized carbons (Fsp3) is 0.273. The number of nitrogens with zero attached hydrogens (tertiary/aromatic N) is 3. The lowest BCUT2D eigenvalue weighted by Crippen LogP contribution is -2.49. The minimum absolute atomic E-state index is 0.153. The van der Waals surface area contributed by atoms with E-state index in [-0.39, 0.29) is 5.91 Å². The number of benzene rings is 2. The van der Waals surface area contributed by atoms with Gasteiger partial charge in [0, 0.05) is 42.9 Å². The van der Waals surface area contributed by atoms with Gasteiger partial charge in [0.1, 0.15) is 0 Å². The van der Waals surface area contributed by atoms with Gasteiger partial charge in [-0.3, -0.25) is 4.79 Å². The van der Waals surface area contributed by atoms with E-state index in [0.29, 0.717) is 6.42 Å². The molecule has 1 saturated heterocycles. The van der Waals surface area contributed by atoms with Crippen LogP contribution in [0.3, 0.4) is 0 Å². The SMILES string of the molecule is Cc1cccc(N2CCN(C(=O)Cc3csc(Nc4ccccc4)n3)CC2)c1. The summed E-state index contributed by atoms with van der Waals surface area (Å²) in [7, 11) is 0. The highest BCUT2D eigenvalue weighted by Crippen LogP contribution is 2.22. The molecule has 144 valence electrons. The van der Waals surface area contributed by atoms with Crippen LogP contribution in [-0.2, 0) is 11.2 Å². The Morgan fingerprint density at radius 2 is 1.86 bits per heavy atom. The largest absolute Gasteiger partial charge is 0.368 e. The van der Waals surface area contributed by atoms with E-state index in [9.17, 15) is 4.79 Å². The molecular formula is C22H24N4OS. The predicted octanol–water partition coefficient (Wildman–Crippen LogP) is 4.09. The second kappa shape index (κ2) is 8.44. The standard InChI is InChI=1S/C22H24N4OS/c1-17-6-5-9-20(14-17)25-10-12-26(13-11-25)21(27)15-19-16-28-22(24-19)23-18-7-3-2-4-8-18/h2-9,14,16H,10-13,15H2,1H3,(H,23,24). The third kappa shape index (κ3) is 4.51. The highest BCUT2D eigenvalue weighted by Gasteiger charge is 2.22. The highest BCUT2D eigenvalue weighted by molar-refractivity contribution is 7.13. The minimum atomic E-state index is 0.153. The van der Waals surface area contributed by atoms with Crippen LogP contribution in [0.2, 0.25) is 0 Å². The molecule has 0 radical (unpaired) electrons. The van der Waals surface area contributed by atoms with Crippen LogP contribution in [0.25, 0.3) is 0 Å². The molecule has 1 aromatic heterocycles. The zero-order valence-corrected chi connectivity index (χ0v) is 16.8. The van der Waals surface area contributed by atoms with Gasteiger partial charge in [-0.25, -0.2) is 4.98 Å². The Morgan fingerprint density at radius 3 is 2.61 bits per heavy atom. The second-order valence-corrected chi connectivity index (χ2v) is 7.88. The van der Waals surface area contributed by atoms with E-state index in [1.165, 1.54) is 22.6 Å². The highest BCUT2D eigenvalue weighted by atomic mass is 32.1. The first-order valence-electron chi connectivity index (χ1n) is 9.53. The molecule has 28 heavy (non-hydrogen) atoms. The van der Waals surface area contributed by atoms with E-state index in [1.807, 2.05) is 40.6 Å². The molecule has 0 atom stereocenters. The summed E-state index contributed by atoms with van der Waals surface area (Å²) >= 11 is 1.53. The van der Waals surface area contributed by atoms with Crippen molar-refractivity contribution in [1.29, 1.82) is 0 Å². The summed E-state index contributed by atoms with van der Waals surface area (Å²) in [5.74, 6) is 0.153. The number of hydrogen-bond acceptors (Lipinski definition) is 5. The number of piperazine rings is 1. The van der Waals surface area contributed by atoms with Gasteiger partial charge in [0.15, 0.2) is 5.13 Å². The van der Waals surface area contributed by atoms with Gasteiger partial charge < -0.3 is 15.1 Å². The maximum absolute atomic E-state index is 12.7. The van der Waals surface area contributed by atoms with Gasteiger partial charge in [-0.2, -0.15) is 0 Å². The molecule has 5 nitrogen and oxygen atoms in total. The fourth-order valence-corrected chi connectivity index (χ4v) is 4.13. The summed E-state index contributed by atoms with van der Waals surface area (Å²) in [6, 6.07) is 18.5. The molecule has 0 unspecified atom stereocenters. The van der Waals surface area contributed by atoms with Gasteiger partial charge in [0.25, 0.3) is 0 Å². The summed E-state index contributed by atoms with van der Waals surface area (Å²) in [5.41, 5.74) is 4.33. The molecule has 3 aromatic rings. The summed E-state index contributed by atoms with van der Waals surface area (Å²) in [6.07, 6.45) is 0.359. The van der Waals surface area contributed by atoms with Crippen LogP contribution < -0.4 is 10.2 Å². The van der Waals surface area contributed by atoms with Crippen molar-refractivity contribution in [2.24, 2.45) is 0 Å². The third-order valence-electron chi connectivity index (χ3n) is 4.91. The van der Waals surface area contributed by atoms with E-state index >= 15 is 0 Å². The fourth-order valence-electron chi connectivity index (χ4n) is 3.40. The molecule has 0 aliphatic carbocycles. The van der Waals surface area contributed by atoms with E-state index in [4.69, 9.17) is 0 Å². The van der Waals surface area contributed by atoms with Gasteiger partial charge in [0.2, 0.25) is 5.91 Å². The number of para-hydroxylation sites is 1. The lowest BCUT2D eigenvalue weighted by atomic mass is 10.2. The van der Waals surface area contributed by atoms with E-state index in [1.54, 1.807) is 0 Å². The van der Waals surface area contributed by atoms with Gasteiger partial charge in [0.05, 0.1) is 12.1 Å². The normalized spacial score (nSPS) is 14.2. The molecule has 0 spiro atoms. The quantitative estimate of drug-likeness (QED) is 0.711. The number of amides is 1. The molecule has 2 heterocycles. The molecule has 1 aliphatic heterocycles. The number of aryl methyl sites for hydroxylation is 1. The number of rotatable bonds is 5. The first-order valence-corrected chi connectivity index (χ1v) is 10.4. The van der Waals surface area contributed by atoms with Crippen molar-refractivity contribution >= 4 is 33.8 Å². The Bertz CT molecular complexity index is 932. The van der Waals surface area contributed by atoms with Crippen LogP contribution in [0.15, 0.2) is 60.0 Å². The first-order chi connectivity index (χ1) is 13.7. The number of hydrogen-bond donors (Lipinski definition) is 1. The van der Waals surface area contributed by atoms with Crippen LogP contribution >= 0.6 is 11.3 Å². The molecule has 6 heteroatoms. The van der Waals surface area contributed by atoms with Crippen molar-refractivity contribution in [3.63, 3.8) is 0 Å². The van der Waals surface area contributed by atoms with Crippen LogP contribution in [0.1, 0.15) is 11.3 Å². The molecule has 0 bridgehead atoms. The van der Waals surface area contributed by atoms with Gasteiger partial charge in [-0.1, -0.05) is 30.3 Å². The predicted molar refractivity (Wildman–Crippen MR) is 116 cm³/mol.